The molecule has 7 heteroatoms. The lowest BCUT2D eigenvalue weighted by Gasteiger charge is -2.35. The third-order valence-electron chi connectivity index (χ3n) is 5.39. The maximum Gasteiger partial charge on any atom is 0.341 e. The van der Waals surface area contributed by atoms with E-state index in [4.69, 9.17) is 9.47 Å². The van der Waals surface area contributed by atoms with Gasteiger partial charge < -0.3 is 19.5 Å². The molecule has 2 aromatic rings. The number of rotatable bonds is 9. The fourth-order valence-corrected chi connectivity index (χ4v) is 3.64. The summed E-state index contributed by atoms with van der Waals surface area (Å²) in [7, 11) is 1.32. The molecule has 1 aliphatic rings. The molecule has 0 aromatic heterocycles. The summed E-state index contributed by atoms with van der Waals surface area (Å²) in [6, 6.07) is 16.8. The van der Waals surface area contributed by atoms with Crippen LogP contribution in [0.2, 0.25) is 0 Å². The number of hydrogen-bond acceptors (Lipinski definition) is 6. The Balaban J connectivity index is 1.38. The second kappa shape index (κ2) is 11.5. The van der Waals surface area contributed by atoms with E-state index in [1.807, 2.05) is 35.2 Å². The molecule has 1 amide bonds. The quantitative estimate of drug-likeness (QED) is 0.618. The second-order valence-electron chi connectivity index (χ2n) is 7.62. The van der Waals surface area contributed by atoms with Gasteiger partial charge in [-0.3, -0.25) is 9.69 Å². The lowest BCUT2D eigenvalue weighted by molar-refractivity contribution is -0.133. The maximum absolute atomic E-state index is 12.5. The number of nitrogens with zero attached hydrogens (tertiary/aromatic N) is 2. The van der Waals surface area contributed by atoms with Gasteiger partial charge in [-0.2, -0.15) is 0 Å². The summed E-state index contributed by atoms with van der Waals surface area (Å²) in [5, 5.41) is 10.4. The van der Waals surface area contributed by atoms with E-state index in [1.54, 1.807) is 24.3 Å². The molecule has 0 saturated carbocycles. The molecule has 1 atom stereocenters. The summed E-state index contributed by atoms with van der Waals surface area (Å²) >= 11 is 0. The van der Waals surface area contributed by atoms with Crippen LogP contribution in [0.4, 0.5) is 0 Å². The molecule has 0 spiro atoms. The van der Waals surface area contributed by atoms with Gasteiger partial charge in [-0.05, 0) is 24.1 Å². The molecule has 1 heterocycles. The first kappa shape index (κ1) is 22.8. The van der Waals surface area contributed by atoms with Crippen LogP contribution in [0, 0.1) is 0 Å². The van der Waals surface area contributed by atoms with Crippen molar-refractivity contribution in [1.29, 1.82) is 0 Å². The molecule has 2 aromatic carbocycles. The van der Waals surface area contributed by atoms with Gasteiger partial charge in [0.05, 0.1) is 7.11 Å². The predicted octanol–water partition coefficient (Wildman–Crippen LogP) is 1.99. The van der Waals surface area contributed by atoms with Crippen molar-refractivity contribution in [3.63, 3.8) is 0 Å². The van der Waals surface area contributed by atoms with Crippen LogP contribution in [-0.2, 0) is 16.0 Å². The summed E-state index contributed by atoms with van der Waals surface area (Å²) < 4.78 is 10.4. The Labute approximate surface area is 183 Å². The molecule has 7 nitrogen and oxygen atoms in total. The number of amides is 1. The van der Waals surface area contributed by atoms with Gasteiger partial charge in [0.15, 0.2) is 0 Å². The fourth-order valence-electron chi connectivity index (χ4n) is 3.64. The smallest absolute Gasteiger partial charge is 0.341 e. The molecule has 31 heavy (non-hydrogen) atoms. The second-order valence-corrected chi connectivity index (χ2v) is 7.62. The van der Waals surface area contributed by atoms with Gasteiger partial charge in [0.2, 0.25) is 5.91 Å². The summed E-state index contributed by atoms with van der Waals surface area (Å²) in [6.07, 6.45) is 0.564. The Kier molecular flexibility index (Phi) is 8.44. The van der Waals surface area contributed by atoms with Crippen LogP contribution in [-0.4, -0.2) is 79.3 Å². The van der Waals surface area contributed by atoms with Crippen molar-refractivity contribution in [2.75, 3.05) is 46.4 Å². The van der Waals surface area contributed by atoms with Crippen molar-refractivity contribution in [3.05, 3.63) is 65.7 Å². The van der Waals surface area contributed by atoms with Crippen LogP contribution >= 0.6 is 0 Å². The van der Waals surface area contributed by atoms with Crippen molar-refractivity contribution < 1.29 is 24.2 Å². The first-order chi connectivity index (χ1) is 15.1. The first-order valence-electron chi connectivity index (χ1n) is 10.6. The number of aliphatic hydroxyl groups excluding tert-OH is 1. The lowest BCUT2D eigenvalue weighted by Crippen LogP contribution is -2.51. The monoisotopic (exact) mass is 426 g/mol. The number of aryl methyl sites for hydroxylation is 1. The van der Waals surface area contributed by atoms with E-state index >= 15 is 0 Å². The van der Waals surface area contributed by atoms with E-state index in [0.29, 0.717) is 50.5 Å². The number of hydrogen-bond donors (Lipinski definition) is 1. The molecule has 0 aliphatic carbocycles. The van der Waals surface area contributed by atoms with Gasteiger partial charge in [-0.1, -0.05) is 42.5 Å². The van der Waals surface area contributed by atoms with Crippen LogP contribution in [0.15, 0.2) is 54.6 Å². The molecular weight excluding hydrogens is 396 g/mol. The number of β-amino-alcohol motifs (C(OH)–C–C–N with tert-alkyl or cyclic N) is 1. The van der Waals surface area contributed by atoms with Gasteiger partial charge in [0.1, 0.15) is 24.0 Å². The highest BCUT2D eigenvalue weighted by atomic mass is 16.5. The summed E-state index contributed by atoms with van der Waals surface area (Å²) in [6.45, 7) is 3.27. The van der Waals surface area contributed by atoms with Gasteiger partial charge in [-0.25, -0.2) is 4.79 Å². The molecule has 1 saturated heterocycles. The number of carbonyl (C=O) groups is 2. The van der Waals surface area contributed by atoms with Crippen LogP contribution < -0.4 is 4.74 Å². The van der Waals surface area contributed by atoms with Gasteiger partial charge in [-0.15, -0.1) is 0 Å². The van der Waals surface area contributed by atoms with E-state index in [-0.39, 0.29) is 12.5 Å². The Morgan fingerprint density at radius 1 is 1.00 bits per heavy atom. The Morgan fingerprint density at radius 2 is 1.68 bits per heavy atom. The zero-order valence-corrected chi connectivity index (χ0v) is 17.9. The zero-order valence-electron chi connectivity index (χ0n) is 17.9. The Morgan fingerprint density at radius 3 is 2.39 bits per heavy atom. The zero-order chi connectivity index (χ0) is 22.1. The summed E-state index contributed by atoms with van der Waals surface area (Å²) in [5.41, 5.74) is 1.51. The first-order valence-corrected chi connectivity index (χ1v) is 10.6. The van der Waals surface area contributed by atoms with E-state index in [2.05, 4.69) is 4.90 Å². The highest BCUT2D eigenvalue weighted by Gasteiger charge is 2.23. The molecule has 1 N–H and O–H groups in total. The maximum atomic E-state index is 12.5. The number of benzene rings is 2. The molecule has 0 bridgehead atoms. The minimum Gasteiger partial charge on any atom is -0.490 e. The van der Waals surface area contributed by atoms with Crippen LogP contribution in [0.5, 0.6) is 5.75 Å². The molecular formula is C24H30N2O5. The Bertz CT molecular complexity index is 850. The molecule has 1 unspecified atom stereocenters. The van der Waals surface area contributed by atoms with Crippen molar-refractivity contribution in [2.45, 2.75) is 18.9 Å². The molecule has 3 rings (SSSR count). The number of carbonyl (C=O) groups excluding carboxylic acids is 2. The molecule has 166 valence electrons. The highest BCUT2D eigenvalue weighted by molar-refractivity contribution is 5.92. The number of methoxy groups -OCH3 is 1. The lowest BCUT2D eigenvalue weighted by atomic mass is 10.1. The van der Waals surface area contributed by atoms with Crippen molar-refractivity contribution in [1.82, 2.24) is 9.80 Å². The highest BCUT2D eigenvalue weighted by Crippen LogP contribution is 2.19. The SMILES string of the molecule is COC(=O)c1ccccc1OCC(O)CN1CCN(C(=O)CCc2ccccc2)CC1. The number of piperazine rings is 1. The third-order valence-corrected chi connectivity index (χ3v) is 5.39. The molecule has 0 radical (unpaired) electrons. The summed E-state index contributed by atoms with van der Waals surface area (Å²) in [5.74, 6) is 0.0900. The van der Waals surface area contributed by atoms with Crippen molar-refractivity contribution in [2.24, 2.45) is 0 Å². The predicted molar refractivity (Wildman–Crippen MR) is 117 cm³/mol. The topological polar surface area (TPSA) is 79.3 Å². The standard InChI is InChI=1S/C24H30N2O5/c1-30-24(29)21-9-5-6-10-22(21)31-18-20(27)17-25-13-15-26(16-14-25)23(28)12-11-19-7-3-2-4-8-19/h2-10,20,27H,11-18H2,1H3. The average molecular weight is 427 g/mol. The molecule has 1 aliphatic heterocycles. The van der Waals surface area contributed by atoms with Gasteiger partial charge in [0.25, 0.3) is 0 Å². The van der Waals surface area contributed by atoms with Crippen molar-refractivity contribution >= 4 is 11.9 Å². The summed E-state index contributed by atoms with van der Waals surface area (Å²) in [4.78, 5) is 28.3. The molecule has 1 fully saturated rings. The normalized spacial score (nSPS) is 15.4. The minimum atomic E-state index is -0.703. The van der Waals surface area contributed by atoms with Crippen LogP contribution in [0.1, 0.15) is 22.3 Å². The van der Waals surface area contributed by atoms with Gasteiger partial charge >= 0.3 is 5.97 Å². The van der Waals surface area contributed by atoms with Crippen LogP contribution in [0.3, 0.4) is 0 Å². The minimum absolute atomic E-state index is 0.0736. The third kappa shape index (κ3) is 6.80. The number of aliphatic hydroxyl groups is 1. The Hall–Kier alpha value is -2.90. The van der Waals surface area contributed by atoms with E-state index in [1.165, 1.54) is 12.7 Å². The van der Waals surface area contributed by atoms with E-state index in [0.717, 1.165) is 6.42 Å². The van der Waals surface area contributed by atoms with Crippen LogP contribution in [0.25, 0.3) is 0 Å². The average Bonchev–Trinajstić information content (AvgIpc) is 2.82. The van der Waals surface area contributed by atoms with Gasteiger partial charge in [0, 0.05) is 39.1 Å². The number of esters is 1. The van der Waals surface area contributed by atoms with Crippen molar-refractivity contribution in [3.8, 4) is 5.75 Å². The number of ether oxygens (including phenoxy) is 2. The largest absolute Gasteiger partial charge is 0.490 e. The fraction of sp³-hybridized carbons (Fsp3) is 0.417. The van der Waals surface area contributed by atoms with E-state index in [9.17, 15) is 14.7 Å². The number of para-hydroxylation sites is 1. The van der Waals surface area contributed by atoms with E-state index < -0.39 is 12.1 Å².